The Morgan fingerprint density at radius 2 is 1.81 bits per heavy atom. The number of nitrogens with one attached hydrogen (secondary N) is 2. The van der Waals surface area contributed by atoms with Crippen molar-refractivity contribution < 1.29 is 8.42 Å². The van der Waals surface area contributed by atoms with Crippen molar-refractivity contribution in [1.82, 2.24) is 14.7 Å². The molecule has 2 N–H and O–H groups in total. The molecular weight excluding hydrogens is 374 g/mol. The lowest BCUT2D eigenvalue weighted by Crippen LogP contribution is -2.29. The second kappa shape index (κ2) is 8.20. The average Bonchev–Trinajstić information content (AvgIpc) is 3.13. The van der Waals surface area contributed by atoms with Gasteiger partial charge in [-0.25, -0.2) is 23.1 Å². The Kier molecular flexibility index (Phi) is 5.95. The van der Waals surface area contributed by atoms with E-state index in [1.54, 1.807) is 12.1 Å². The number of hydrogen-bond acceptors (Lipinski definition) is 6. The van der Waals surface area contributed by atoms with Crippen LogP contribution in [0.5, 0.6) is 0 Å². The number of halogens is 1. The van der Waals surface area contributed by atoms with Crippen molar-refractivity contribution >= 4 is 33.3 Å². The molecule has 26 heavy (non-hydrogen) atoms. The molecule has 9 heteroatoms. The highest BCUT2D eigenvalue weighted by molar-refractivity contribution is 7.89. The summed E-state index contributed by atoms with van der Waals surface area (Å²) in [5, 5.41) is 3.66. The Bertz CT molecular complexity index is 852. The van der Waals surface area contributed by atoms with E-state index in [2.05, 4.69) is 24.9 Å². The lowest BCUT2D eigenvalue weighted by Gasteiger charge is -2.17. The molecule has 0 spiro atoms. The Morgan fingerprint density at radius 1 is 1.12 bits per heavy atom. The minimum absolute atomic E-state index is 0.191. The first-order valence-corrected chi connectivity index (χ1v) is 10.4. The van der Waals surface area contributed by atoms with Crippen molar-refractivity contribution in [2.75, 3.05) is 36.4 Å². The van der Waals surface area contributed by atoms with E-state index in [4.69, 9.17) is 11.6 Å². The molecular formula is C17H22ClN5O2S. The molecule has 1 aliphatic rings. The lowest BCUT2D eigenvalue weighted by atomic mass is 10.4. The van der Waals surface area contributed by atoms with Crippen molar-refractivity contribution in [2.45, 2.75) is 24.7 Å². The fraction of sp³-hybridized carbons (Fsp3) is 0.412. The molecule has 0 radical (unpaired) electrons. The highest BCUT2D eigenvalue weighted by Gasteiger charge is 2.15. The predicted octanol–water partition coefficient (Wildman–Crippen LogP) is 2.43. The van der Waals surface area contributed by atoms with Crippen molar-refractivity contribution in [3.63, 3.8) is 0 Å². The molecule has 0 unspecified atom stereocenters. The summed E-state index contributed by atoms with van der Waals surface area (Å²) in [6.07, 6.45) is 2.36. The molecule has 1 aromatic heterocycles. The third kappa shape index (κ3) is 4.84. The maximum Gasteiger partial charge on any atom is 0.240 e. The largest absolute Gasteiger partial charge is 0.369 e. The Balaban J connectivity index is 1.55. The molecule has 1 saturated heterocycles. The zero-order valence-corrected chi connectivity index (χ0v) is 16.1. The Labute approximate surface area is 158 Å². The zero-order valence-electron chi connectivity index (χ0n) is 14.6. The fourth-order valence-electron chi connectivity index (χ4n) is 2.82. The summed E-state index contributed by atoms with van der Waals surface area (Å²) in [6, 6.07) is 7.98. The summed E-state index contributed by atoms with van der Waals surface area (Å²) in [7, 11) is -3.55. The Morgan fingerprint density at radius 3 is 2.50 bits per heavy atom. The predicted molar refractivity (Wildman–Crippen MR) is 103 cm³/mol. The van der Waals surface area contributed by atoms with Crippen LogP contribution in [0.4, 0.5) is 11.6 Å². The van der Waals surface area contributed by atoms with Crippen LogP contribution in [0.25, 0.3) is 0 Å². The smallest absolute Gasteiger partial charge is 0.240 e. The molecule has 1 aliphatic heterocycles. The van der Waals surface area contributed by atoms with Crippen molar-refractivity contribution in [3.8, 4) is 0 Å². The number of rotatable bonds is 7. The standard InChI is InChI=1S/C17H22ClN5O2S/c1-13-21-16(12-17(22-13)23-10-2-3-11-23)19-8-9-20-26(24,25)15-6-4-14(18)5-7-15/h4-7,12,20H,2-3,8-11H2,1H3,(H,19,21,22). The number of sulfonamides is 1. The first kappa shape index (κ1) is 18.9. The van der Waals surface area contributed by atoms with Crippen LogP contribution < -0.4 is 14.9 Å². The molecule has 2 heterocycles. The summed E-state index contributed by atoms with van der Waals surface area (Å²) >= 11 is 5.79. The molecule has 140 valence electrons. The number of nitrogens with zero attached hydrogens (tertiary/aromatic N) is 3. The summed E-state index contributed by atoms with van der Waals surface area (Å²) in [5.74, 6) is 2.31. The van der Waals surface area contributed by atoms with Crippen LogP contribution >= 0.6 is 11.6 Å². The molecule has 2 aromatic rings. The minimum Gasteiger partial charge on any atom is -0.369 e. The van der Waals surface area contributed by atoms with Crippen LogP contribution in [0, 0.1) is 6.92 Å². The normalized spacial score (nSPS) is 14.6. The highest BCUT2D eigenvalue weighted by atomic mass is 35.5. The van der Waals surface area contributed by atoms with Gasteiger partial charge in [0, 0.05) is 37.3 Å². The zero-order chi connectivity index (χ0) is 18.6. The maximum absolute atomic E-state index is 12.2. The van der Waals surface area contributed by atoms with E-state index in [-0.39, 0.29) is 11.4 Å². The molecule has 0 amide bonds. The van der Waals surface area contributed by atoms with E-state index in [1.807, 2.05) is 13.0 Å². The summed E-state index contributed by atoms with van der Waals surface area (Å²) < 4.78 is 27.0. The molecule has 0 aliphatic carbocycles. The van der Waals surface area contributed by atoms with Gasteiger partial charge in [-0.05, 0) is 44.0 Å². The summed E-state index contributed by atoms with van der Waals surface area (Å²) in [6.45, 7) is 4.54. The van der Waals surface area contributed by atoms with E-state index < -0.39 is 10.0 Å². The van der Waals surface area contributed by atoms with E-state index >= 15 is 0 Å². The van der Waals surface area contributed by atoms with Gasteiger partial charge in [-0.1, -0.05) is 11.6 Å². The van der Waals surface area contributed by atoms with Crippen molar-refractivity contribution in [2.24, 2.45) is 0 Å². The van der Waals surface area contributed by atoms with Gasteiger partial charge in [0.2, 0.25) is 10.0 Å². The van der Waals surface area contributed by atoms with Crippen LogP contribution in [0.15, 0.2) is 35.2 Å². The SMILES string of the molecule is Cc1nc(NCCNS(=O)(=O)c2ccc(Cl)cc2)cc(N2CCCC2)n1. The number of aromatic nitrogens is 2. The van der Waals surface area contributed by atoms with Crippen LogP contribution in [0.2, 0.25) is 5.02 Å². The fourth-order valence-corrected chi connectivity index (χ4v) is 3.98. The van der Waals surface area contributed by atoms with Crippen LogP contribution in [0.1, 0.15) is 18.7 Å². The average molecular weight is 396 g/mol. The van der Waals surface area contributed by atoms with E-state index in [0.717, 1.165) is 18.9 Å². The van der Waals surface area contributed by atoms with Crippen molar-refractivity contribution in [1.29, 1.82) is 0 Å². The number of aryl methyl sites for hydroxylation is 1. The topological polar surface area (TPSA) is 87.2 Å². The van der Waals surface area contributed by atoms with E-state index in [0.29, 0.717) is 23.2 Å². The Hall–Kier alpha value is -1.90. The second-order valence-electron chi connectivity index (χ2n) is 6.13. The van der Waals surface area contributed by atoms with Crippen LogP contribution in [0.3, 0.4) is 0 Å². The quantitative estimate of drug-likeness (QED) is 0.700. The third-order valence-electron chi connectivity index (χ3n) is 4.10. The first-order chi connectivity index (χ1) is 12.4. The van der Waals surface area contributed by atoms with Gasteiger partial charge < -0.3 is 10.2 Å². The molecule has 1 aromatic carbocycles. The van der Waals surface area contributed by atoms with Gasteiger partial charge in [0.15, 0.2) is 0 Å². The molecule has 1 fully saturated rings. The molecule has 0 atom stereocenters. The maximum atomic E-state index is 12.2. The van der Waals surface area contributed by atoms with Gasteiger partial charge in [-0.3, -0.25) is 0 Å². The third-order valence-corrected chi connectivity index (χ3v) is 5.83. The molecule has 0 bridgehead atoms. The highest BCUT2D eigenvalue weighted by Crippen LogP contribution is 2.20. The van der Waals surface area contributed by atoms with Crippen molar-refractivity contribution in [3.05, 3.63) is 41.2 Å². The molecule has 3 rings (SSSR count). The minimum atomic E-state index is -3.55. The summed E-state index contributed by atoms with van der Waals surface area (Å²) in [4.78, 5) is 11.3. The first-order valence-electron chi connectivity index (χ1n) is 8.54. The number of anilines is 2. The number of hydrogen-bond donors (Lipinski definition) is 2. The van der Waals surface area contributed by atoms with Crippen LogP contribution in [-0.2, 0) is 10.0 Å². The number of benzene rings is 1. The van der Waals surface area contributed by atoms with Gasteiger partial charge in [0.05, 0.1) is 4.90 Å². The van der Waals surface area contributed by atoms with Crippen LogP contribution in [-0.4, -0.2) is 44.6 Å². The van der Waals surface area contributed by atoms with Gasteiger partial charge >= 0.3 is 0 Å². The van der Waals surface area contributed by atoms with Gasteiger partial charge in [-0.2, -0.15) is 0 Å². The molecule has 7 nitrogen and oxygen atoms in total. The lowest BCUT2D eigenvalue weighted by molar-refractivity contribution is 0.583. The summed E-state index contributed by atoms with van der Waals surface area (Å²) in [5.41, 5.74) is 0. The van der Waals surface area contributed by atoms with E-state index in [1.165, 1.54) is 25.0 Å². The second-order valence-corrected chi connectivity index (χ2v) is 8.33. The molecule has 0 saturated carbocycles. The van der Waals surface area contributed by atoms with Gasteiger partial charge in [0.1, 0.15) is 17.5 Å². The van der Waals surface area contributed by atoms with E-state index in [9.17, 15) is 8.42 Å². The van der Waals surface area contributed by atoms with Gasteiger partial charge in [0.25, 0.3) is 0 Å². The monoisotopic (exact) mass is 395 g/mol. The van der Waals surface area contributed by atoms with Gasteiger partial charge in [-0.15, -0.1) is 0 Å².